The van der Waals surface area contributed by atoms with Crippen LogP contribution in [0.3, 0.4) is 0 Å². The molecule has 1 unspecified atom stereocenters. The highest BCUT2D eigenvalue weighted by Gasteiger charge is 1.88. The van der Waals surface area contributed by atoms with Gasteiger partial charge in [0.1, 0.15) is 5.75 Å². The zero-order valence-corrected chi connectivity index (χ0v) is 8.02. The van der Waals surface area contributed by atoms with Gasteiger partial charge in [0, 0.05) is 0 Å². The fourth-order valence-corrected chi connectivity index (χ4v) is 1.36. The third-order valence-electron chi connectivity index (χ3n) is 1.06. The van der Waals surface area contributed by atoms with Gasteiger partial charge in [-0.25, -0.2) is 4.49 Å². The molecule has 11 heavy (non-hydrogen) atoms. The molecule has 0 amide bonds. The summed E-state index contributed by atoms with van der Waals surface area (Å²) in [7, 11) is 0.323. The first kappa shape index (κ1) is 8.85. The topological polar surface area (TPSA) is 21.3 Å². The van der Waals surface area contributed by atoms with Crippen molar-refractivity contribution < 1.29 is 4.52 Å². The lowest BCUT2D eigenvalue weighted by Gasteiger charge is -2.03. The van der Waals surface area contributed by atoms with Gasteiger partial charge in [-0.2, -0.15) is 0 Å². The highest BCUT2D eigenvalue weighted by Crippen LogP contribution is 2.18. The first-order valence-electron chi connectivity index (χ1n) is 3.18. The Morgan fingerprint density at radius 2 is 2.09 bits per heavy atom. The fourth-order valence-electron chi connectivity index (χ4n) is 0.610. The molecule has 1 aromatic carbocycles. The van der Waals surface area contributed by atoms with Gasteiger partial charge in [-0.15, -0.1) is 0 Å². The zero-order chi connectivity index (χ0) is 7.94. The molecule has 4 heteroatoms. The van der Waals surface area contributed by atoms with Gasteiger partial charge in [0.25, 0.3) is 0 Å². The summed E-state index contributed by atoms with van der Waals surface area (Å²) in [6.45, 7) is 0. The van der Waals surface area contributed by atoms with E-state index in [9.17, 15) is 0 Å². The van der Waals surface area contributed by atoms with E-state index < -0.39 is 0 Å². The minimum Gasteiger partial charge on any atom is -0.460 e. The Morgan fingerprint density at radius 1 is 1.36 bits per heavy atom. The maximum Gasteiger partial charge on any atom is 0.156 e. The molecule has 1 atom stereocenters. The van der Waals surface area contributed by atoms with Gasteiger partial charge in [0.05, 0.1) is 0 Å². The second kappa shape index (κ2) is 5.42. The lowest BCUT2D eigenvalue weighted by Crippen LogP contribution is -1.88. The lowest BCUT2D eigenvalue weighted by atomic mass is 10.3. The highest BCUT2D eigenvalue weighted by atomic mass is 32.2. The van der Waals surface area contributed by atoms with Crippen LogP contribution in [0.15, 0.2) is 30.3 Å². The van der Waals surface area contributed by atoms with Crippen LogP contribution < -0.4 is 9.02 Å². The summed E-state index contributed by atoms with van der Waals surface area (Å²) in [5, 5.41) is 0. The Morgan fingerprint density at radius 3 is 2.73 bits per heavy atom. The normalized spacial score (nSPS) is 10.6. The first-order valence-corrected chi connectivity index (χ1v) is 5.31. The van der Waals surface area contributed by atoms with Gasteiger partial charge in [-0.1, -0.05) is 30.1 Å². The molecule has 0 aliphatic carbocycles. The number of nitrogens with one attached hydrogen (secondary N) is 1. The summed E-state index contributed by atoms with van der Waals surface area (Å²) in [6.07, 6.45) is 1.97. The maximum absolute atomic E-state index is 5.34. The van der Waals surface area contributed by atoms with Gasteiger partial charge >= 0.3 is 0 Å². The SMILES string of the molecule is CSNPOc1ccccc1. The van der Waals surface area contributed by atoms with E-state index in [1.54, 1.807) is 11.9 Å². The Balaban J connectivity index is 2.28. The molecule has 0 radical (unpaired) electrons. The van der Waals surface area contributed by atoms with Crippen molar-refractivity contribution in [2.24, 2.45) is 0 Å². The summed E-state index contributed by atoms with van der Waals surface area (Å²) in [5.41, 5.74) is 0. The standard InChI is InChI=1S/C7H10NOPS/c1-11-8-10-9-7-5-3-2-4-6-7/h2-6,8,10H,1H3. The number of para-hydroxylation sites is 1. The third-order valence-corrected chi connectivity index (χ3v) is 2.54. The molecule has 0 bridgehead atoms. The lowest BCUT2D eigenvalue weighted by molar-refractivity contribution is 0.629. The Bertz CT molecular complexity index is 195. The van der Waals surface area contributed by atoms with E-state index >= 15 is 0 Å². The molecular formula is C7H10NOPS. The van der Waals surface area contributed by atoms with Crippen LogP contribution in [0.25, 0.3) is 0 Å². The minimum atomic E-state index is 0.323. The van der Waals surface area contributed by atoms with Crippen molar-refractivity contribution >= 4 is 20.9 Å². The Kier molecular flexibility index (Phi) is 4.36. The largest absolute Gasteiger partial charge is 0.460 e. The van der Waals surface area contributed by atoms with Crippen LogP contribution in [0.2, 0.25) is 0 Å². The molecule has 1 rings (SSSR count). The van der Waals surface area contributed by atoms with Crippen molar-refractivity contribution in [1.82, 2.24) is 4.49 Å². The van der Waals surface area contributed by atoms with Crippen molar-refractivity contribution in [2.75, 3.05) is 6.26 Å². The molecule has 2 nitrogen and oxygen atoms in total. The highest BCUT2D eigenvalue weighted by molar-refractivity contribution is 7.99. The minimum absolute atomic E-state index is 0.323. The van der Waals surface area contributed by atoms with Crippen LogP contribution in [0, 0.1) is 0 Å². The van der Waals surface area contributed by atoms with Gasteiger partial charge in [-0.3, -0.25) is 0 Å². The van der Waals surface area contributed by atoms with Crippen molar-refractivity contribution in [3.8, 4) is 5.75 Å². The van der Waals surface area contributed by atoms with E-state index in [1.165, 1.54) is 0 Å². The van der Waals surface area contributed by atoms with Crippen LogP contribution in [0.1, 0.15) is 0 Å². The van der Waals surface area contributed by atoms with Crippen LogP contribution in [0.5, 0.6) is 5.75 Å². The van der Waals surface area contributed by atoms with Crippen molar-refractivity contribution in [3.05, 3.63) is 30.3 Å². The van der Waals surface area contributed by atoms with E-state index in [0.29, 0.717) is 8.96 Å². The van der Waals surface area contributed by atoms with Gasteiger partial charge in [0.2, 0.25) is 0 Å². The summed E-state index contributed by atoms with van der Waals surface area (Å²) < 4.78 is 8.36. The maximum atomic E-state index is 5.34. The molecular weight excluding hydrogens is 177 g/mol. The average molecular weight is 187 g/mol. The third kappa shape index (κ3) is 3.61. The summed E-state index contributed by atoms with van der Waals surface area (Å²) in [4.78, 5) is 0. The van der Waals surface area contributed by atoms with E-state index in [0.717, 1.165) is 5.75 Å². The quantitative estimate of drug-likeness (QED) is 0.444. The van der Waals surface area contributed by atoms with Gasteiger partial charge < -0.3 is 4.52 Å². The predicted molar refractivity (Wildman–Crippen MR) is 52.0 cm³/mol. The van der Waals surface area contributed by atoms with Crippen LogP contribution in [-0.4, -0.2) is 6.26 Å². The van der Waals surface area contributed by atoms with Crippen LogP contribution in [0.4, 0.5) is 0 Å². The molecule has 0 aliphatic heterocycles. The molecule has 0 saturated heterocycles. The molecule has 60 valence electrons. The van der Waals surface area contributed by atoms with Crippen molar-refractivity contribution in [3.63, 3.8) is 0 Å². The zero-order valence-electron chi connectivity index (χ0n) is 6.20. The Hall–Kier alpha value is -0.240. The fraction of sp³-hybridized carbons (Fsp3) is 0.143. The number of rotatable bonds is 4. The number of benzene rings is 1. The van der Waals surface area contributed by atoms with E-state index in [1.807, 2.05) is 36.6 Å². The molecule has 1 N–H and O–H groups in total. The molecule has 0 spiro atoms. The molecule has 1 aromatic rings. The number of hydrogen-bond donors (Lipinski definition) is 1. The summed E-state index contributed by atoms with van der Waals surface area (Å²) in [5.74, 6) is 0.910. The molecule has 0 heterocycles. The number of hydrogen-bond acceptors (Lipinski definition) is 3. The second-order valence-corrected chi connectivity index (χ2v) is 3.46. The van der Waals surface area contributed by atoms with Gasteiger partial charge in [0.15, 0.2) is 8.96 Å². The van der Waals surface area contributed by atoms with Crippen LogP contribution >= 0.6 is 20.9 Å². The second-order valence-electron chi connectivity index (χ2n) is 1.82. The Labute approximate surface area is 72.8 Å². The smallest absolute Gasteiger partial charge is 0.156 e. The van der Waals surface area contributed by atoms with E-state index in [-0.39, 0.29) is 0 Å². The molecule has 0 fully saturated rings. The van der Waals surface area contributed by atoms with Crippen molar-refractivity contribution in [2.45, 2.75) is 0 Å². The first-order chi connectivity index (χ1) is 5.43. The molecule has 0 aliphatic rings. The molecule has 0 saturated carbocycles. The predicted octanol–water partition coefficient (Wildman–Crippen LogP) is 2.44. The summed E-state index contributed by atoms with van der Waals surface area (Å²) in [6, 6.07) is 9.76. The van der Waals surface area contributed by atoms with E-state index in [4.69, 9.17) is 4.52 Å². The van der Waals surface area contributed by atoms with Crippen LogP contribution in [-0.2, 0) is 0 Å². The average Bonchev–Trinajstić information content (AvgIpc) is 2.07. The monoisotopic (exact) mass is 187 g/mol. The molecule has 0 aromatic heterocycles. The summed E-state index contributed by atoms with van der Waals surface area (Å²) >= 11 is 1.56. The van der Waals surface area contributed by atoms with E-state index in [2.05, 4.69) is 4.49 Å². The van der Waals surface area contributed by atoms with Gasteiger partial charge in [-0.05, 0) is 18.4 Å². The van der Waals surface area contributed by atoms with Crippen molar-refractivity contribution in [1.29, 1.82) is 0 Å².